The Labute approximate surface area is 108 Å². The highest BCUT2D eigenvalue weighted by Gasteiger charge is 2.07. The van der Waals surface area contributed by atoms with E-state index in [0.717, 1.165) is 5.75 Å². The summed E-state index contributed by atoms with van der Waals surface area (Å²) in [4.78, 5) is 11.3. The number of hydrogen-bond donors (Lipinski definition) is 1. The summed E-state index contributed by atoms with van der Waals surface area (Å²) in [6, 6.07) is 5.92. The normalized spacial score (nSPS) is 12.0. The monoisotopic (exact) mass is 251 g/mol. The van der Waals surface area contributed by atoms with Crippen LogP contribution in [0.5, 0.6) is 5.75 Å². The zero-order chi connectivity index (χ0) is 13.5. The molecule has 4 heteroatoms. The van der Waals surface area contributed by atoms with Gasteiger partial charge in [0.25, 0.3) is 0 Å². The summed E-state index contributed by atoms with van der Waals surface area (Å²) >= 11 is 0. The molecule has 1 aromatic rings. The van der Waals surface area contributed by atoms with Gasteiger partial charge < -0.3 is 14.8 Å². The third-order valence-corrected chi connectivity index (χ3v) is 2.66. The van der Waals surface area contributed by atoms with Crippen LogP contribution in [-0.4, -0.2) is 32.3 Å². The molecule has 0 saturated heterocycles. The lowest BCUT2D eigenvalue weighted by atomic mass is 10.1. The van der Waals surface area contributed by atoms with Crippen LogP contribution in [0.2, 0.25) is 0 Å². The Kier molecular flexibility index (Phi) is 5.65. The topological polar surface area (TPSA) is 47.6 Å². The smallest absolute Gasteiger partial charge is 0.246 e. The minimum Gasteiger partial charge on any atom is -0.491 e. The summed E-state index contributed by atoms with van der Waals surface area (Å²) in [5.74, 6) is 0.694. The number of benzene rings is 1. The summed E-state index contributed by atoms with van der Waals surface area (Å²) in [5, 5.41) is 2.79. The summed E-state index contributed by atoms with van der Waals surface area (Å²) < 4.78 is 10.4. The Morgan fingerprint density at radius 2 is 2.06 bits per heavy atom. The second-order valence-electron chi connectivity index (χ2n) is 4.46. The molecule has 0 aliphatic heterocycles. The largest absolute Gasteiger partial charge is 0.491 e. The summed E-state index contributed by atoms with van der Waals surface area (Å²) in [7, 11) is 1.50. The fourth-order valence-corrected chi connectivity index (χ4v) is 1.51. The molecule has 0 heterocycles. The van der Waals surface area contributed by atoms with E-state index in [2.05, 4.69) is 12.2 Å². The van der Waals surface area contributed by atoms with Gasteiger partial charge >= 0.3 is 0 Å². The second kappa shape index (κ2) is 7.01. The molecule has 0 aliphatic carbocycles. The first-order chi connectivity index (χ1) is 8.52. The number of carbonyl (C=O) groups is 1. The van der Waals surface area contributed by atoms with Gasteiger partial charge in [0.2, 0.25) is 5.91 Å². The molecule has 0 spiro atoms. The van der Waals surface area contributed by atoms with E-state index >= 15 is 0 Å². The van der Waals surface area contributed by atoms with E-state index in [1.54, 1.807) is 0 Å². The van der Waals surface area contributed by atoms with Crippen LogP contribution < -0.4 is 10.1 Å². The van der Waals surface area contributed by atoms with Crippen molar-refractivity contribution in [1.82, 2.24) is 5.32 Å². The van der Waals surface area contributed by atoms with E-state index in [-0.39, 0.29) is 18.6 Å². The Morgan fingerprint density at radius 3 is 2.67 bits per heavy atom. The maximum atomic E-state index is 11.3. The van der Waals surface area contributed by atoms with Crippen LogP contribution in [0.4, 0.5) is 0 Å². The van der Waals surface area contributed by atoms with Crippen molar-refractivity contribution in [1.29, 1.82) is 0 Å². The van der Waals surface area contributed by atoms with Crippen LogP contribution in [0.1, 0.15) is 18.1 Å². The molecule has 0 bridgehead atoms. The average molecular weight is 251 g/mol. The van der Waals surface area contributed by atoms with Crippen LogP contribution in [0.25, 0.3) is 0 Å². The molecular formula is C14H21NO3. The number of rotatable bonds is 6. The fraction of sp³-hybridized carbons (Fsp3) is 0.500. The highest BCUT2D eigenvalue weighted by molar-refractivity contribution is 5.77. The van der Waals surface area contributed by atoms with Gasteiger partial charge in [0.05, 0.1) is 6.04 Å². The molecule has 100 valence electrons. The number of aryl methyl sites for hydroxylation is 2. The van der Waals surface area contributed by atoms with Gasteiger partial charge in [-0.25, -0.2) is 0 Å². The lowest BCUT2D eigenvalue weighted by molar-refractivity contribution is -0.125. The van der Waals surface area contributed by atoms with E-state index < -0.39 is 0 Å². The number of ether oxygens (including phenoxy) is 2. The molecule has 0 aromatic heterocycles. The maximum Gasteiger partial charge on any atom is 0.246 e. The minimum atomic E-state index is -0.131. The summed E-state index contributed by atoms with van der Waals surface area (Å²) in [6.07, 6.45) is 0. The number of amides is 1. The van der Waals surface area contributed by atoms with Crippen LogP contribution >= 0.6 is 0 Å². The molecule has 0 radical (unpaired) electrons. The van der Waals surface area contributed by atoms with E-state index in [1.165, 1.54) is 18.2 Å². The van der Waals surface area contributed by atoms with Gasteiger partial charge in [-0.15, -0.1) is 0 Å². The molecule has 4 nitrogen and oxygen atoms in total. The predicted octanol–water partition coefficient (Wildman–Crippen LogP) is 1.83. The summed E-state index contributed by atoms with van der Waals surface area (Å²) in [5.41, 5.74) is 2.44. The van der Waals surface area contributed by atoms with Gasteiger partial charge in [0, 0.05) is 7.11 Å². The Hall–Kier alpha value is -1.55. The number of nitrogens with one attached hydrogen (secondary N) is 1. The van der Waals surface area contributed by atoms with Crippen molar-refractivity contribution in [2.75, 3.05) is 20.3 Å². The third-order valence-electron chi connectivity index (χ3n) is 2.66. The van der Waals surface area contributed by atoms with Crippen molar-refractivity contribution in [2.24, 2.45) is 0 Å². The Bertz CT molecular complexity index is 404. The highest BCUT2D eigenvalue weighted by atomic mass is 16.5. The zero-order valence-corrected chi connectivity index (χ0v) is 11.4. The third kappa shape index (κ3) is 4.75. The molecule has 0 fully saturated rings. The first-order valence-corrected chi connectivity index (χ1v) is 6.01. The first-order valence-electron chi connectivity index (χ1n) is 6.01. The molecule has 0 saturated carbocycles. The van der Waals surface area contributed by atoms with Gasteiger partial charge in [0.1, 0.15) is 19.0 Å². The molecular weight excluding hydrogens is 230 g/mol. The van der Waals surface area contributed by atoms with Crippen molar-refractivity contribution in [3.8, 4) is 5.75 Å². The average Bonchev–Trinajstić information content (AvgIpc) is 2.31. The Balaban J connectivity index is 2.40. The lowest BCUT2D eigenvalue weighted by Crippen LogP contribution is -2.38. The van der Waals surface area contributed by atoms with Crippen molar-refractivity contribution >= 4 is 5.91 Å². The summed E-state index contributed by atoms with van der Waals surface area (Å²) in [6.45, 7) is 6.53. The number of methoxy groups -OCH3 is 1. The van der Waals surface area contributed by atoms with Crippen molar-refractivity contribution < 1.29 is 14.3 Å². The molecule has 1 atom stereocenters. The Morgan fingerprint density at radius 1 is 1.33 bits per heavy atom. The minimum absolute atomic E-state index is 0.0470. The SMILES string of the molecule is COCC(=O)N[C@H](C)COc1ccc(C)c(C)c1. The van der Waals surface area contributed by atoms with Gasteiger partial charge in [-0.3, -0.25) is 4.79 Å². The van der Waals surface area contributed by atoms with Crippen LogP contribution in [0.15, 0.2) is 18.2 Å². The quantitative estimate of drug-likeness (QED) is 0.839. The van der Waals surface area contributed by atoms with Gasteiger partial charge in [-0.2, -0.15) is 0 Å². The number of hydrogen-bond acceptors (Lipinski definition) is 3. The highest BCUT2D eigenvalue weighted by Crippen LogP contribution is 2.16. The van der Waals surface area contributed by atoms with E-state index in [0.29, 0.717) is 6.61 Å². The van der Waals surface area contributed by atoms with Gasteiger partial charge in [-0.05, 0) is 44.0 Å². The zero-order valence-electron chi connectivity index (χ0n) is 11.4. The van der Waals surface area contributed by atoms with Gasteiger partial charge in [-0.1, -0.05) is 6.07 Å². The van der Waals surface area contributed by atoms with Crippen LogP contribution in [-0.2, 0) is 9.53 Å². The predicted molar refractivity (Wildman–Crippen MR) is 70.9 cm³/mol. The van der Waals surface area contributed by atoms with Gasteiger partial charge in [0.15, 0.2) is 0 Å². The van der Waals surface area contributed by atoms with E-state index in [1.807, 2.05) is 32.0 Å². The van der Waals surface area contributed by atoms with Crippen molar-refractivity contribution in [3.05, 3.63) is 29.3 Å². The molecule has 1 rings (SSSR count). The molecule has 1 aromatic carbocycles. The molecule has 0 unspecified atom stereocenters. The molecule has 1 N–H and O–H groups in total. The van der Waals surface area contributed by atoms with E-state index in [9.17, 15) is 4.79 Å². The first kappa shape index (κ1) is 14.5. The second-order valence-corrected chi connectivity index (χ2v) is 4.46. The van der Waals surface area contributed by atoms with E-state index in [4.69, 9.17) is 9.47 Å². The number of carbonyl (C=O) groups excluding carboxylic acids is 1. The fourth-order valence-electron chi connectivity index (χ4n) is 1.51. The maximum absolute atomic E-state index is 11.3. The van der Waals surface area contributed by atoms with Crippen LogP contribution in [0, 0.1) is 13.8 Å². The van der Waals surface area contributed by atoms with Crippen molar-refractivity contribution in [3.63, 3.8) is 0 Å². The standard InChI is InChI=1S/C14H21NO3/c1-10-5-6-13(7-11(10)2)18-8-12(3)15-14(16)9-17-4/h5-7,12H,8-9H2,1-4H3,(H,15,16)/t12-/m1/s1. The molecule has 18 heavy (non-hydrogen) atoms. The lowest BCUT2D eigenvalue weighted by Gasteiger charge is -2.15. The van der Waals surface area contributed by atoms with Crippen molar-refractivity contribution in [2.45, 2.75) is 26.8 Å². The molecule has 0 aliphatic rings. The van der Waals surface area contributed by atoms with Crippen LogP contribution in [0.3, 0.4) is 0 Å². The molecule has 1 amide bonds.